The number of fused-ring (bicyclic) bond motifs is 2. The summed E-state index contributed by atoms with van der Waals surface area (Å²) in [6.07, 6.45) is 0.991. The largest absolute Gasteiger partial charge is 0.461 e. The van der Waals surface area contributed by atoms with E-state index in [1.165, 1.54) is 0 Å². The molecule has 0 bridgehead atoms. The van der Waals surface area contributed by atoms with Gasteiger partial charge in [-0.05, 0) is 48.9 Å². The van der Waals surface area contributed by atoms with Gasteiger partial charge in [-0.25, -0.2) is 0 Å². The molecule has 122 valence electrons. The number of carbonyl (C=O) groups excluding carboxylic acids is 1. The highest BCUT2D eigenvalue weighted by Crippen LogP contribution is 2.62. The third kappa shape index (κ3) is 2.04. The van der Waals surface area contributed by atoms with Crippen molar-refractivity contribution in [2.75, 3.05) is 19.7 Å². The second kappa shape index (κ2) is 4.60. The number of benzene rings is 1. The highest BCUT2D eigenvalue weighted by Gasteiger charge is 2.63. The molecule has 2 heterocycles. The molecule has 4 rings (SSSR count). The zero-order valence-corrected chi connectivity index (χ0v) is 13.9. The molecule has 0 radical (unpaired) electrons. The molecule has 2 aliphatic rings. The molecule has 2 fully saturated rings. The van der Waals surface area contributed by atoms with Crippen LogP contribution in [-0.2, 0) is 0 Å². The van der Waals surface area contributed by atoms with Crippen molar-refractivity contribution < 1.29 is 14.3 Å². The van der Waals surface area contributed by atoms with Gasteiger partial charge in [-0.1, -0.05) is 13.8 Å². The van der Waals surface area contributed by atoms with E-state index in [0.29, 0.717) is 18.0 Å². The molecule has 1 saturated heterocycles. The predicted molar refractivity (Wildman–Crippen MR) is 88.3 cm³/mol. The molecule has 1 saturated carbocycles. The maximum absolute atomic E-state index is 12.9. The van der Waals surface area contributed by atoms with E-state index in [2.05, 4.69) is 13.8 Å². The Labute approximate surface area is 136 Å². The van der Waals surface area contributed by atoms with Gasteiger partial charge in [-0.2, -0.15) is 0 Å². The van der Waals surface area contributed by atoms with Crippen molar-refractivity contribution in [3.63, 3.8) is 0 Å². The topological polar surface area (TPSA) is 53.7 Å². The molecular weight excluding hydrogens is 290 g/mol. The smallest absolute Gasteiger partial charge is 0.253 e. The van der Waals surface area contributed by atoms with Gasteiger partial charge >= 0.3 is 0 Å². The highest BCUT2D eigenvalue weighted by molar-refractivity contribution is 5.98. The van der Waals surface area contributed by atoms with Crippen LogP contribution in [0.5, 0.6) is 0 Å². The maximum atomic E-state index is 12.9. The second-order valence-electron chi connectivity index (χ2n) is 8.03. The average Bonchev–Trinajstić information content (AvgIpc) is 3.03. The van der Waals surface area contributed by atoms with E-state index in [-0.39, 0.29) is 23.3 Å². The van der Waals surface area contributed by atoms with E-state index in [4.69, 9.17) is 4.42 Å². The van der Waals surface area contributed by atoms with Crippen LogP contribution in [0.15, 0.2) is 28.7 Å². The lowest BCUT2D eigenvalue weighted by Crippen LogP contribution is -2.54. The van der Waals surface area contributed by atoms with Crippen molar-refractivity contribution in [1.29, 1.82) is 0 Å². The molecule has 1 aromatic heterocycles. The molecule has 0 unspecified atom stereocenters. The van der Waals surface area contributed by atoms with Crippen LogP contribution in [0.3, 0.4) is 0 Å². The first-order chi connectivity index (χ1) is 10.8. The van der Waals surface area contributed by atoms with E-state index in [1.54, 1.807) is 0 Å². The van der Waals surface area contributed by atoms with Gasteiger partial charge in [-0.3, -0.25) is 4.79 Å². The van der Waals surface area contributed by atoms with Gasteiger partial charge in [0.2, 0.25) is 0 Å². The minimum Gasteiger partial charge on any atom is -0.461 e. The third-order valence-electron chi connectivity index (χ3n) is 5.89. The first-order valence-corrected chi connectivity index (χ1v) is 8.25. The van der Waals surface area contributed by atoms with Crippen LogP contribution in [0.4, 0.5) is 0 Å². The number of nitrogens with zero attached hydrogens (tertiary/aromatic N) is 1. The maximum Gasteiger partial charge on any atom is 0.253 e. The fraction of sp³-hybridized carbons (Fsp3) is 0.526. The molecule has 23 heavy (non-hydrogen) atoms. The fourth-order valence-corrected chi connectivity index (χ4v) is 4.99. The van der Waals surface area contributed by atoms with E-state index in [1.807, 2.05) is 36.1 Å². The highest BCUT2D eigenvalue weighted by atomic mass is 16.3. The Morgan fingerprint density at radius 2 is 2.17 bits per heavy atom. The van der Waals surface area contributed by atoms with Gasteiger partial charge in [0.25, 0.3) is 5.91 Å². The number of aryl methyl sites for hydroxylation is 1. The monoisotopic (exact) mass is 313 g/mol. The summed E-state index contributed by atoms with van der Waals surface area (Å²) in [4.78, 5) is 14.8. The zero-order chi connectivity index (χ0) is 16.4. The Bertz CT molecular complexity index is 791. The van der Waals surface area contributed by atoms with Gasteiger partial charge in [0.15, 0.2) is 0 Å². The number of furan rings is 1. The summed E-state index contributed by atoms with van der Waals surface area (Å²) in [6, 6.07) is 7.57. The molecule has 2 aromatic rings. The molecule has 0 spiro atoms. The minimum absolute atomic E-state index is 0.0591. The van der Waals surface area contributed by atoms with Crippen molar-refractivity contribution in [2.24, 2.45) is 16.7 Å². The summed E-state index contributed by atoms with van der Waals surface area (Å²) in [5.74, 6) is 1.30. The zero-order valence-electron chi connectivity index (χ0n) is 13.9. The number of aliphatic hydroxyl groups excluding tert-OH is 1. The van der Waals surface area contributed by atoms with Crippen LogP contribution >= 0.6 is 0 Å². The number of hydrogen-bond acceptors (Lipinski definition) is 3. The van der Waals surface area contributed by atoms with Gasteiger partial charge in [0.05, 0.1) is 6.61 Å². The number of rotatable bonds is 2. The summed E-state index contributed by atoms with van der Waals surface area (Å²) in [6.45, 7) is 7.96. The number of amides is 1. The Morgan fingerprint density at radius 1 is 1.39 bits per heavy atom. The van der Waals surface area contributed by atoms with Crippen LogP contribution in [0, 0.1) is 23.7 Å². The SMILES string of the molecule is Cc1cc2cc(C(=O)N3C[C@@H]4C(C)(C)C[C@]4(CO)C3)ccc2o1. The minimum atomic E-state index is -0.0878. The molecule has 1 amide bonds. The summed E-state index contributed by atoms with van der Waals surface area (Å²) in [5, 5.41) is 10.8. The van der Waals surface area contributed by atoms with Crippen LogP contribution < -0.4 is 0 Å². The van der Waals surface area contributed by atoms with E-state index < -0.39 is 0 Å². The van der Waals surface area contributed by atoms with Gasteiger partial charge in [-0.15, -0.1) is 0 Å². The van der Waals surface area contributed by atoms with Crippen molar-refractivity contribution in [1.82, 2.24) is 4.90 Å². The first kappa shape index (κ1) is 14.8. The van der Waals surface area contributed by atoms with Crippen molar-refractivity contribution in [3.05, 3.63) is 35.6 Å². The summed E-state index contributed by atoms with van der Waals surface area (Å²) < 4.78 is 5.57. The molecule has 1 aromatic carbocycles. The molecule has 4 nitrogen and oxygen atoms in total. The first-order valence-electron chi connectivity index (χ1n) is 8.25. The van der Waals surface area contributed by atoms with E-state index in [0.717, 1.165) is 29.7 Å². The number of carbonyl (C=O) groups is 1. The van der Waals surface area contributed by atoms with Crippen molar-refractivity contribution in [2.45, 2.75) is 27.2 Å². The predicted octanol–water partition coefficient (Wildman–Crippen LogP) is 3.22. The molecule has 1 aliphatic heterocycles. The molecule has 2 atom stereocenters. The Balaban J connectivity index is 1.61. The van der Waals surface area contributed by atoms with Crippen molar-refractivity contribution in [3.8, 4) is 0 Å². The summed E-state index contributed by atoms with van der Waals surface area (Å²) in [7, 11) is 0. The normalized spacial score (nSPS) is 28.7. The average molecular weight is 313 g/mol. The van der Waals surface area contributed by atoms with Crippen LogP contribution in [0.1, 0.15) is 36.4 Å². The summed E-state index contributed by atoms with van der Waals surface area (Å²) >= 11 is 0. The van der Waals surface area contributed by atoms with E-state index in [9.17, 15) is 9.90 Å². The standard InChI is InChI=1S/C19H23NO3/c1-12-6-14-7-13(4-5-15(14)23-12)17(22)20-8-16-18(2,3)9-19(16,10-20)11-21/h4-7,16,21H,8-11H2,1-3H3/t16-,19-/m1/s1. The number of likely N-dealkylation sites (tertiary alicyclic amines) is 1. The Hall–Kier alpha value is -1.81. The van der Waals surface area contributed by atoms with Gasteiger partial charge in [0.1, 0.15) is 11.3 Å². The fourth-order valence-electron chi connectivity index (χ4n) is 4.99. The van der Waals surface area contributed by atoms with Crippen LogP contribution in [0.2, 0.25) is 0 Å². The lowest BCUT2D eigenvalue weighted by molar-refractivity contribution is -0.0976. The number of hydrogen-bond donors (Lipinski definition) is 1. The van der Waals surface area contributed by atoms with Gasteiger partial charge in [0, 0.05) is 29.5 Å². The van der Waals surface area contributed by atoms with Crippen molar-refractivity contribution >= 4 is 16.9 Å². The third-order valence-corrected chi connectivity index (χ3v) is 5.89. The molecular formula is C19H23NO3. The van der Waals surface area contributed by atoms with Crippen LogP contribution in [-0.4, -0.2) is 35.6 Å². The second-order valence-corrected chi connectivity index (χ2v) is 8.03. The lowest BCUT2D eigenvalue weighted by Gasteiger charge is -2.55. The van der Waals surface area contributed by atoms with Gasteiger partial charge < -0.3 is 14.4 Å². The quantitative estimate of drug-likeness (QED) is 0.926. The van der Waals surface area contributed by atoms with E-state index >= 15 is 0 Å². The Morgan fingerprint density at radius 3 is 2.83 bits per heavy atom. The lowest BCUT2D eigenvalue weighted by atomic mass is 9.48. The molecule has 1 N–H and O–H groups in total. The van der Waals surface area contributed by atoms with Crippen LogP contribution in [0.25, 0.3) is 11.0 Å². The summed E-state index contributed by atoms with van der Waals surface area (Å²) in [5.41, 5.74) is 1.64. The number of aliphatic hydroxyl groups is 1. The molecule has 1 aliphatic carbocycles. The molecule has 4 heteroatoms. The Kier molecular flexibility index (Phi) is 2.95.